The van der Waals surface area contributed by atoms with Gasteiger partial charge < -0.3 is 13.7 Å². The van der Waals surface area contributed by atoms with E-state index in [2.05, 4.69) is 4.99 Å². The molecule has 2 heterocycles. The summed E-state index contributed by atoms with van der Waals surface area (Å²) in [6.45, 7) is 2.97. The van der Waals surface area contributed by atoms with Crippen LogP contribution >= 0.6 is 11.3 Å². The quantitative estimate of drug-likeness (QED) is 0.662. The monoisotopic (exact) mass is 352 g/mol. The molecule has 0 bridgehead atoms. The normalized spacial score (nSPS) is 12.2. The molecular weight excluding hydrogens is 338 g/mol. The van der Waals surface area contributed by atoms with Gasteiger partial charge in [0.2, 0.25) is 0 Å². The van der Waals surface area contributed by atoms with E-state index in [4.69, 9.17) is 9.15 Å². The van der Waals surface area contributed by atoms with Crippen molar-refractivity contribution in [1.82, 2.24) is 4.57 Å². The number of halogens is 2. The van der Waals surface area contributed by atoms with E-state index in [1.165, 1.54) is 23.0 Å². The van der Waals surface area contributed by atoms with Crippen LogP contribution in [-0.2, 0) is 11.3 Å². The van der Waals surface area contributed by atoms with E-state index in [0.29, 0.717) is 24.5 Å². The second-order valence-electron chi connectivity index (χ2n) is 4.86. The van der Waals surface area contributed by atoms with Gasteiger partial charge in [0, 0.05) is 19.2 Å². The molecule has 126 valence electrons. The molecule has 5 nitrogen and oxygen atoms in total. The van der Waals surface area contributed by atoms with Crippen LogP contribution in [0.2, 0.25) is 0 Å². The third kappa shape index (κ3) is 3.29. The van der Waals surface area contributed by atoms with Gasteiger partial charge in [-0.05, 0) is 25.1 Å². The summed E-state index contributed by atoms with van der Waals surface area (Å²) in [5.74, 6) is -1.89. The number of rotatable bonds is 5. The maximum Gasteiger partial charge on any atom is 0.315 e. The van der Waals surface area contributed by atoms with Gasteiger partial charge in [0.05, 0.1) is 23.1 Å². The minimum absolute atomic E-state index is 0.0791. The molecule has 1 aromatic carbocycles. The number of amides is 1. The fraction of sp³-hybridized carbons (Fsp3) is 0.250. The van der Waals surface area contributed by atoms with Crippen molar-refractivity contribution in [2.45, 2.75) is 13.5 Å². The second kappa shape index (κ2) is 7.06. The highest BCUT2D eigenvalue weighted by Crippen LogP contribution is 2.22. The summed E-state index contributed by atoms with van der Waals surface area (Å²) in [4.78, 5) is 16.4. The first-order chi connectivity index (χ1) is 11.6. The van der Waals surface area contributed by atoms with Crippen molar-refractivity contribution >= 4 is 27.5 Å². The summed E-state index contributed by atoms with van der Waals surface area (Å²) in [5, 5.41) is 0. The van der Waals surface area contributed by atoms with Crippen LogP contribution in [0.3, 0.4) is 0 Å². The van der Waals surface area contributed by atoms with Gasteiger partial charge in [0.25, 0.3) is 0 Å². The summed E-state index contributed by atoms with van der Waals surface area (Å²) in [6, 6.07) is 5.09. The molecule has 0 aliphatic rings. The van der Waals surface area contributed by atoms with Crippen molar-refractivity contribution in [1.29, 1.82) is 0 Å². The SMILES string of the molecule is CCOCCn1c(=NC(=O)c2ccco2)sc2cc(F)cc(F)c21. The second-order valence-corrected chi connectivity index (χ2v) is 5.87. The van der Waals surface area contributed by atoms with Gasteiger partial charge in [-0.25, -0.2) is 8.78 Å². The van der Waals surface area contributed by atoms with Gasteiger partial charge in [-0.1, -0.05) is 11.3 Å². The molecule has 0 saturated heterocycles. The zero-order chi connectivity index (χ0) is 17.1. The van der Waals surface area contributed by atoms with Gasteiger partial charge in [-0.3, -0.25) is 4.79 Å². The maximum atomic E-state index is 14.2. The lowest BCUT2D eigenvalue weighted by Crippen LogP contribution is -2.20. The zero-order valence-electron chi connectivity index (χ0n) is 12.8. The smallest absolute Gasteiger partial charge is 0.315 e. The topological polar surface area (TPSA) is 56.7 Å². The Hall–Kier alpha value is -2.32. The first-order valence-electron chi connectivity index (χ1n) is 7.29. The third-order valence-corrected chi connectivity index (χ3v) is 4.31. The molecule has 0 aliphatic carbocycles. The molecule has 3 aromatic rings. The summed E-state index contributed by atoms with van der Waals surface area (Å²) in [7, 11) is 0. The number of thiazole rings is 1. The van der Waals surface area contributed by atoms with E-state index in [-0.39, 0.29) is 16.1 Å². The Bertz CT molecular complexity index is 929. The Labute approximate surface area is 139 Å². The van der Waals surface area contributed by atoms with Crippen molar-refractivity contribution in [3.05, 3.63) is 52.7 Å². The molecule has 0 unspecified atom stereocenters. The van der Waals surface area contributed by atoms with Crippen LogP contribution in [0, 0.1) is 11.6 Å². The van der Waals surface area contributed by atoms with E-state index in [1.54, 1.807) is 6.07 Å². The molecule has 0 fully saturated rings. The molecule has 1 amide bonds. The summed E-state index contributed by atoms with van der Waals surface area (Å²) >= 11 is 1.03. The van der Waals surface area contributed by atoms with Crippen molar-refractivity contribution < 1.29 is 22.7 Å². The molecule has 3 rings (SSSR count). The van der Waals surface area contributed by atoms with Gasteiger partial charge in [0.1, 0.15) is 5.82 Å². The van der Waals surface area contributed by atoms with E-state index >= 15 is 0 Å². The third-order valence-electron chi connectivity index (χ3n) is 3.29. The summed E-state index contributed by atoms with van der Waals surface area (Å²) in [6.07, 6.45) is 1.37. The van der Waals surface area contributed by atoms with Crippen LogP contribution in [0.15, 0.2) is 39.9 Å². The first-order valence-corrected chi connectivity index (χ1v) is 8.10. The molecular formula is C16H14F2N2O3S. The molecule has 2 aromatic heterocycles. The highest BCUT2D eigenvalue weighted by atomic mass is 32.1. The standard InChI is InChI=1S/C16H14F2N2O3S/c1-2-22-7-5-20-14-11(18)8-10(17)9-13(14)24-16(20)19-15(21)12-4-3-6-23-12/h3-4,6,8-9H,2,5,7H2,1H3. The molecule has 24 heavy (non-hydrogen) atoms. The fourth-order valence-corrected chi connectivity index (χ4v) is 3.36. The van der Waals surface area contributed by atoms with Crippen LogP contribution in [0.5, 0.6) is 0 Å². The Kier molecular flexibility index (Phi) is 4.86. The minimum atomic E-state index is -0.704. The van der Waals surface area contributed by atoms with Gasteiger partial charge >= 0.3 is 5.91 Å². The van der Waals surface area contributed by atoms with Crippen molar-refractivity contribution in [2.24, 2.45) is 4.99 Å². The summed E-state index contributed by atoms with van der Waals surface area (Å²) in [5.41, 5.74) is 0.201. The fourth-order valence-electron chi connectivity index (χ4n) is 2.26. The Morgan fingerprint density at radius 2 is 2.25 bits per heavy atom. The highest BCUT2D eigenvalue weighted by Gasteiger charge is 2.15. The number of nitrogens with zero attached hydrogens (tertiary/aromatic N) is 2. The number of fused-ring (bicyclic) bond motifs is 1. The lowest BCUT2D eigenvalue weighted by atomic mass is 10.3. The number of carbonyl (C=O) groups excluding carboxylic acids is 1. The van der Waals surface area contributed by atoms with Crippen LogP contribution in [0.25, 0.3) is 10.2 Å². The number of ether oxygens (including phenoxy) is 1. The molecule has 0 atom stereocenters. The zero-order valence-corrected chi connectivity index (χ0v) is 13.6. The number of hydrogen-bond donors (Lipinski definition) is 0. The first kappa shape index (κ1) is 16.5. The van der Waals surface area contributed by atoms with Crippen LogP contribution < -0.4 is 4.80 Å². The largest absolute Gasteiger partial charge is 0.459 e. The number of furan rings is 1. The number of aromatic nitrogens is 1. The van der Waals surface area contributed by atoms with Crippen molar-refractivity contribution in [2.75, 3.05) is 13.2 Å². The van der Waals surface area contributed by atoms with Gasteiger partial charge in [-0.15, -0.1) is 0 Å². The Balaban J connectivity index is 2.13. The van der Waals surface area contributed by atoms with E-state index in [9.17, 15) is 13.6 Å². The highest BCUT2D eigenvalue weighted by molar-refractivity contribution is 7.16. The van der Waals surface area contributed by atoms with Gasteiger partial charge in [-0.2, -0.15) is 4.99 Å². The number of hydrogen-bond acceptors (Lipinski definition) is 4. The summed E-state index contributed by atoms with van der Waals surface area (Å²) < 4.78 is 39.9. The lowest BCUT2D eigenvalue weighted by Gasteiger charge is -2.06. The van der Waals surface area contributed by atoms with Crippen molar-refractivity contribution in [3.8, 4) is 0 Å². The average molecular weight is 352 g/mol. The average Bonchev–Trinajstić information content (AvgIpc) is 3.16. The lowest BCUT2D eigenvalue weighted by molar-refractivity contribution is 0.0970. The van der Waals surface area contributed by atoms with Crippen LogP contribution in [-0.4, -0.2) is 23.7 Å². The number of benzene rings is 1. The molecule has 0 N–H and O–H groups in total. The molecule has 0 aliphatic heterocycles. The molecule has 8 heteroatoms. The van der Waals surface area contributed by atoms with Crippen LogP contribution in [0.4, 0.5) is 8.78 Å². The predicted molar refractivity (Wildman–Crippen MR) is 84.8 cm³/mol. The molecule has 0 saturated carbocycles. The number of carbonyl (C=O) groups is 1. The van der Waals surface area contributed by atoms with E-state index < -0.39 is 17.5 Å². The minimum Gasteiger partial charge on any atom is -0.459 e. The Morgan fingerprint density at radius 3 is 2.96 bits per heavy atom. The van der Waals surface area contributed by atoms with E-state index in [1.807, 2.05) is 6.92 Å². The predicted octanol–water partition coefficient (Wildman–Crippen LogP) is 3.35. The molecule has 0 spiro atoms. The Morgan fingerprint density at radius 1 is 1.42 bits per heavy atom. The van der Waals surface area contributed by atoms with Gasteiger partial charge in [0.15, 0.2) is 16.4 Å². The maximum absolute atomic E-state index is 14.2. The van der Waals surface area contributed by atoms with E-state index in [0.717, 1.165) is 17.4 Å². The molecule has 0 radical (unpaired) electrons. The van der Waals surface area contributed by atoms with Crippen LogP contribution in [0.1, 0.15) is 17.5 Å². The van der Waals surface area contributed by atoms with Crippen molar-refractivity contribution in [3.63, 3.8) is 0 Å².